The highest BCUT2D eigenvalue weighted by Crippen LogP contribution is 2.17. The van der Waals surface area contributed by atoms with Crippen LogP contribution in [-0.4, -0.2) is 27.7 Å². The molecule has 0 N–H and O–H groups in total. The fourth-order valence-corrected chi connectivity index (χ4v) is 2.86. The van der Waals surface area contributed by atoms with Gasteiger partial charge in [0.05, 0.1) is 17.9 Å². The molecule has 0 amide bonds. The number of aromatic nitrogens is 4. The molecule has 8 heteroatoms. The normalized spacial score (nSPS) is 12.0. The third-order valence-corrected chi connectivity index (χ3v) is 4.45. The molecular formula is C13H19ClN4O2S. The van der Waals surface area contributed by atoms with E-state index in [4.69, 9.17) is 10.7 Å². The molecule has 0 radical (unpaired) electrons. The molecule has 0 bridgehead atoms. The molecule has 6 nitrogen and oxygen atoms in total. The summed E-state index contributed by atoms with van der Waals surface area (Å²) in [7, 11) is 3.46. The lowest BCUT2D eigenvalue weighted by atomic mass is 10.3. The lowest BCUT2D eigenvalue weighted by molar-refractivity contribution is 0.606. The molecule has 0 aliphatic rings. The summed E-state index contributed by atoms with van der Waals surface area (Å²) in [5.74, 6) is 0.718. The predicted octanol–water partition coefficient (Wildman–Crippen LogP) is 2.11. The molecule has 2 aromatic heterocycles. The van der Waals surface area contributed by atoms with Crippen LogP contribution in [0.4, 0.5) is 0 Å². The first kappa shape index (κ1) is 16.0. The van der Waals surface area contributed by atoms with Gasteiger partial charge in [-0.1, -0.05) is 13.8 Å². The van der Waals surface area contributed by atoms with Gasteiger partial charge in [-0.2, -0.15) is 5.10 Å². The van der Waals surface area contributed by atoms with Gasteiger partial charge < -0.3 is 4.57 Å². The summed E-state index contributed by atoms with van der Waals surface area (Å²) in [5, 5.41) is 4.30. The van der Waals surface area contributed by atoms with Crippen LogP contribution in [0.25, 0.3) is 0 Å². The Morgan fingerprint density at radius 1 is 1.33 bits per heavy atom. The van der Waals surface area contributed by atoms with Crippen LogP contribution in [0.15, 0.2) is 17.3 Å². The van der Waals surface area contributed by atoms with Crippen LogP contribution < -0.4 is 0 Å². The quantitative estimate of drug-likeness (QED) is 0.761. The van der Waals surface area contributed by atoms with Crippen LogP contribution in [0.5, 0.6) is 0 Å². The summed E-state index contributed by atoms with van der Waals surface area (Å²) < 4.78 is 26.5. The molecule has 0 saturated heterocycles. The van der Waals surface area contributed by atoms with Gasteiger partial charge in [-0.3, -0.25) is 4.68 Å². The first-order valence-electron chi connectivity index (χ1n) is 6.87. The van der Waals surface area contributed by atoms with Crippen molar-refractivity contribution in [1.82, 2.24) is 19.3 Å². The topological polar surface area (TPSA) is 69.8 Å². The molecule has 116 valence electrons. The SMILES string of the molecule is CCCc1nc(S(=O)(=O)Cl)cn1Cc1cc(CC)nn1C. The molecule has 21 heavy (non-hydrogen) atoms. The second kappa shape index (κ2) is 6.19. The van der Waals surface area contributed by atoms with Gasteiger partial charge in [0.25, 0.3) is 9.05 Å². The third-order valence-electron chi connectivity index (χ3n) is 3.28. The van der Waals surface area contributed by atoms with Crippen LogP contribution in [0.1, 0.15) is 37.5 Å². The fourth-order valence-electron chi connectivity index (χ4n) is 2.17. The van der Waals surface area contributed by atoms with Crippen molar-refractivity contribution >= 4 is 19.7 Å². The maximum Gasteiger partial charge on any atom is 0.280 e. The van der Waals surface area contributed by atoms with Crippen LogP contribution in [0.2, 0.25) is 0 Å². The summed E-state index contributed by atoms with van der Waals surface area (Å²) in [6, 6.07) is 2.02. The van der Waals surface area contributed by atoms with Crippen LogP contribution >= 0.6 is 10.7 Å². The standard InChI is InChI=1S/C13H19ClN4O2S/c1-4-6-12-15-13(21(14,19)20)9-18(12)8-11-7-10(5-2)16-17(11)3/h7,9H,4-6,8H2,1-3H3. The Labute approximate surface area is 129 Å². The van der Waals surface area contributed by atoms with Crippen molar-refractivity contribution < 1.29 is 8.42 Å². The van der Waals surface area contributed by atoms with Crippen molar-refractivity contribution in [3.8, 4) is 0 Å². The first-order chi connectivity index (χ1) is 9.85. The van der Waals surface area contributed by atoms with Crippen LogP contribution in [-0.2, 0) is 35.5 Å². The maximum atomic E-state index is 11.4. The fraction of sp³-hybridized carbons (Fsp3) is 0.538. The smallest absolute Gasteiger partial charge is 0.280 e. The number of rotatable bonds is 6. The van der Waals surface area contributed by atoms with E-state index in [-0.39, 0.29) is 5.03 Å². The molecule has 0 aliphatic heterocycles. The lowest BCUT2D eigenvalue weighted by Gasteiger charge is -2.06. The number of aryl methyl sites for hydroxylation is 3. The van der Waals surface area contributed by atoms with Crippen molar-refractivity contribution in [1.29, 1.82) is 0 Å². The van der Waals surface area contributed by atoms with Gasteiger partial charge in [-0.05, 0) is 18.9 Å². The predicted molar refractivity (Wildman–Crippen MR) is 80.9 cm³/mol. The van der Waals surface area contributed by atoms with Crippen molar-refractivity contribution in [3.63, 3.8) is 0 Å². The minimum absolute atomic E-state index is 0.0921. The summed E-state index contributed by atoms with van der Waals surface area (Å²) >= 11 is 0. The average Bonchev–Trinajstić information content (AvgIpc) is 2.95. The molecule has 0 unspecified atom stereocenters. The Morgan fingerprint density at radius 3 is 2.57 bits per heavy atom. The van der Waals surface area contributed by atoms with Gasteiger partial charge in [-0.25, -0.2) is 13.4 Å². The Hall–Kier alpha value is -1.34. The third kappa shape index (κ3) is 3.65. The molecule has 0 fully saturated rings. The molecule has 0 aliphatic carbocycles. The maximum absolute atomic E-state index is 11.4. The van der Waals surface area contributed by atoms with Crippen molar-refractivity contribution in [2.24, 2.45) is 7.05 Å². The Kier molecular flexibility index (Phi) is 4.73. The lowest BCUT2D eigenvalue weighted by Crippen LogP contribution is -2.08. The Balaban J connectivity index is 2.37. The van der Waals surface area contributed by atoms with E-state index < -0.39 is 9.05 Å². The average molecular weight is 331 g/mol. The van der Waals surface area contributed by atoms with Crippen molar-refractivity contribution in [2.75, 3.05) is 0 Å². The van der Waals surface area contributed by atoms with E-state index in [1.54, 1.807) is 0 Å². The van der Waals surface area contributed by atoms with Crippen LogP contribution in [0, 0.1) is 0 Å². The monoisotopic (exact) mass is 330 g/mol. The molecule has 0 aromatic carbocycles. The highest BCUT2D eigenvalue weighted by Gasteiger charge is 2.18. The van der Waals surface area contributed by atoms with Gasteiger partial charge in [0.1, 0.15) is 5.82 Å². The van der Waals surface area contributed by atoms with Crippen molar-refractivity contribution in [2.45, 2.75) is 44.7 Å². The van der Waals surface area contributed by atoms with Gasteiger partial charge in [-0.15, -0.1) is 0 Å². The molecule has 2 rings (SSSR count). The van der Waals surface area contributed by atoms with Gasteiger partial charge in [0.2, 0.25) is 0 Å². The van der Waals surface area contributed by atoms with E-state index in [9.17, 15) is 8.42 Å². The molecule has 0 spiro atoms. The summed E-state index contributed by atoms with van der Waals surface area (Å²) in [6.45, 7) is 4.59. The number of nitrogens with zero attached hydrogens (tertiary/aromatic N) is 4. The molecular weight excluding hydrogens is 312 g/mol. The zero-order valence-electron chi connectivity index (χ0n) is 12.4. The van der Waals surface area contributed by atoms with E-state index in [0.717, 1.165) is 30.1 Å². The second-order valence-electron chi connectivity index (χ2n) is 4.92. The first-order valence-corrected chi connectivity index (χ1v) is 9.18. The highest BCUT2D eigenvalue weighted by molar-refractivity contribution is 8.13. The minimum Gasteiger partial charge on any atom is -0.328 e. The Bertz CT molecular complexity index is 733. The van der Waals surface area contributed by atoms with E-state index in [1.807, 2.05) is 36.2 Å². The molecule has 2 aromatic rings. The number of halogens is 1. The molecule has 0 saturated carbocycles. The van der Waals surface area contributed by atoms with E-state index in [0.29, 0.717) is 13.0 Å². The summed E-state index contributed by atoms with van der Waals surface area (Å²) in [5.41, 5.74) is 2.01. The molecule has 0 atom stereocenters. The van der Waals surface area contributed by atoms with E-state index in [1.165, 1.54) is 6.20 Å². The summed E-state index contributed by atoms with van der Waals surface area (Å²) in [4.78, 5) is 4.14. The number of imidazole rings is 1. The van der Waals surface area contributed by atoms with Gasteiger partial charge in [0, 0.05) is 30.3 Å². The van der Waals surface area contributed by atoms with Gasteiger partial charge in [0.15, 0.2) is 5.03 Å². The summed E-state index contributed by atoms with van der Waals surface area (Å²) in [6.07, 6.45) is 3.93. The number of hydrogen-bond acceptors (Lipinski definition) is 4. The minimum atomic E-state index is -3.81. The zero-order valence-corrected chi connectivity index (χ0v) is 13.9. The van der Waals surface area contributed by atoms with Crippen LogP contribution in [0.3, 0.4) is 0 Å². The van der Waals surface area contributed by atoms with Gasteiger partial charge >= 0.3 is 0 Å². The highest BCUT2D eigenvalue weighted by atomic mass is 35.7. The van der Waals surface area contributed by atoms with E-state index in [2.05, 4.69) is 10.1 Å². The van der Waals surface area contributed by atoms with E-state index >= 15 is 0 Å². The second-order valence-corrected chi connectivity index (χ2v) is 7.43. The largest absolute Gasteiger partial charge is 0.328 e. The number of hydrogen-bond donors (Lipinski definition) is 0. The zero-order chi connectivity index (χ0) is 15.6. The molecule has 2 heterocycles. The Morgan fingerprint density at radius 2 is 2.05 bits per heavy atom. The van der Waals surface area contributed by atoms with Crippen molar-refractivity contribution in [3.05, 3.63) is 29.5 Å².